The monoisotopic (exact) mass is 251 g/mol. The number of amides is 1. The van der Waals surface area contributed by atoms with E-state index in [1.165, 1.54) is 0 Å². The van der Waals surface area contributed by atoms with Crippen LogP contribution in [0.4, 0.5) is 0 Å². The van der Waals surface area contributed by atoms with Gasteiger partial charge in [-0.15, -0.1) is 0 Å². The third kappa shape index (κ3) is 2.04. The number of benzene rings is 1. The van der Waals surface area contributed by atoms with Crippen LogP contribution in [0.1, 0.15) is 18.4 Å². The van der Waals surface area contributed by atoms with E-state index in [0.717, 1.165) is 16.5 Å². The highest BCUT2D eigenvalue weighted by Crippen LogP contribution is 2.45. The summed E-state index contributed by atoms with van der Waals surface area (Å²) in [6.07, 6.45) is 3.08. The molecule has 0 radical (unpaired) electrons. The lowest BCUT2D eigenvalue weighted by Crippen LogP contribution is -2.30. The highest BCUT2D eigenvalue weighted by Gasteiger charge is 2.50. The van der Waals surface area contributed by atoms with Crippen molar-refractivity contribution in [2.45, 2.75) is 19.4 Å². The highest BCUT2D eigenvalue weighted by atomic mass is 16.2. The molecule has 0 spiro atoms. The van der Waals surface area contributed by atoms with Gasteiger partial charge in [-0.2, -0.15) is 5.26 Å². The Balaban J connectivity index is 1.79. The number of nitrogens with one attached hydrogen (secondary N) is 1. The van der Waals surface area contributed by atoms with Crippen LogP contribution in [-0.4, -0.2) is 10.9 Å². The van der Waals surface area contributed by atoms with Gasteiger partial charge in [-0.3, -0.25) is 9.78 Å². The lowest BCUT2D eigenvalue weighted by Gasteiger charge is -2.09. The Morgan fingerprint density at radius 2 is 2.16 bits per heavy atom. The molecule has 1 aliphatic carbocycles. The van der Waals surface area contributed by atoms with Gasteiger partial charge in [-0.25, -0.2) is 0 Å². The molecule has 1 fully saturated rings. The minimum Gasteiger partial charge on any atom is -0.351 e. The first-order valence-electron chi connectivity index (χ1n) is 6.27. The molecule has 19 heavy (non-hydrogen) atoms. The number of fused-ring (bicyclic) bond motifs is 1. The van der Waals surface area contributed by atoms with Crippen LogP contribution in [0.15, 0.2) is 36.5 Å². The molecule has 1 heterocycles. The summed E-state index contributed by atoms with van der Waals surface area (Å²) in [5.41, 5.74) is 1.10. The van der Waals surface area contributed by atoms with Gasteiger partial charge in [-0.05, 0) is 24.5 Å². The normalized spacial score (nSPS) is 15.7. The van der Waals surface area contributed by atoms with Gasteiger partial charge in [0.15, 0.2) is 0 Å². The summed E-state index contributed by atoms with van der Waals surface area (Å²) < 4.78 is 0. The molecule has 3 rings (SSSR count). The standard InChI is InChI=1S/C15H13N3O/c16-10-15(6-7-15)14(19)18-9-12-4-1-3-11-5-2-8-17-13(11)12/h1-5,8H,6-7,9H2,(H,18,19). The van der Waals surface area contributed by atoms with Gasteiger partial charge in [0, 0.05) is 18.1 Å². The summed E-state index contributed by atoms with van der Waals surface area (Å²) in [5.74, 6) is -0.164. The van der Waals surface area contributed by atoms with Crippen LogP contribution in [0.5, 0.6) is 0 Å². The van der Waals surface area contributed by atoms with E-state index in [-0.39, 0.29) is 5.91 Å². The Kier molecular flexibility index (Phi) is 2.68. The van der Waals surface area contributed by atoms with Crippen molar-refractivity contribution in [1.82, 2.24) is 10.3 Å². The van der Waals surface area contributed by atoms with Crippen LogP contribution < -0.4 is 5.32 Å². The number of hydrogen-bond acceptors (Lipinski definition) is 3. The zero-order chi connectivity index (χ0) is 13.3. The fourth-order valence-corrected chi connectivity index (χ4v) is 2.17. The van der Waals surface area contributed by atoms with Gasteiger partial charge in [0.2, 0.25) is 5.91 Å². The van der Waals surface area contributed by atoms with Crippen molar-refractivity contribution in [3.63, 3.8) is 0 Å². The van der Waals surface area contributed by atoms with Gasteiger partial charge in [0.1, 0.15) is 5.41 Å². The smallest absolute Gasteiger partial charge is 0.240 e. The number of carbonyl (C=O) groups is 1. The zero-order valence-corrected chi connectivity index (χ0v) is 10.4. The van der Waals surface area contributed by atoms with Gasteiger partial charge < -0.3 is 5.32 Å². The van der Waals surface area contributed by atoms with Crippen LogP contribution in [0, 0.1) is 16.7 Å². The molecular weight excluding hydrogens is 238 g/mol. The largest absolute Gasteiger partial charge is 0.351 e. The van der Waals surface area contributed by atoms with Crippen molar-refractivity contribution in [1.29, 1.82) is 5.26 Å². The lowest BCUT2D eigenvalue weighted by atomic mass is 10.1. The summed E-state index contributed by atoms with van der Waals surface area (Å²) in [4.78, 5) is 16.3. The first-order valence-corrected chi connectivity index (χ1v) is 6.27. The van der Waals surface area contributed by atoms with Gasteiger partial charge in [0.25, 0.3) is 0 Å². The van der Waals surface area contributed by atoms with Crippen molar-refractivity contribution < 1.29 is 4.79 Å². The molecule has 4 nitrogen and oxygen atoms in total. The van der Waals surface area contributed by atoms with E-state index in [0.29, 0.717) is 19.4 Å². The Morgan fingerprint density at radius 1 is 1.37 bits per heavy atom. The van der Waals surface area contributed by atoms with E-state index in [9.17, 15) is 4.79 Å². The van der Waals surface area contributed by atoms with E-state index in [1.807, 2.05) is 30.3 Å². The number of nitriles is 1. The quantitative estimate of drug-likeness (QED) is 0.909. The molecule has 1 N–H and O–H groups in total. The van der Waals surface area contributed by atoms with Crippen LogP contribution in [0.25, 0.3) is 10.9 Å². The summed E-state index contributed by atoms with van der Waals surface area (Å²) in [5, 5.41) is 12.9. The number of nitrogens with zero attached hydrogens (tertiary/aromatic N) is 2. The molecule has 1 amide bonds. The maximum Gasteiger partial charge on any atom is 0.240 e. The van der Waals surface area contributed by atoms with Crippen molar-refractivity contribution in [2.24, 2.45) is 5.41 Å². The second-order valence-corrected chi connectivity index (χ2v) is 4.87. The van der Waals surface area contributed by atoms with Gasteiger partial charge >= 0.3 is 0 Å². The van der Waals surface area contributed by atoms with E-state index in [2.05, 4.69) is 16.4 Å². The Labute approximate surface area is 111 Å². The second kappa shape index (κ2) is 4.36. The average molecular weight is 251 g/mol. The van der Waals surface area contributed by atoms with Crippen LogP contribution in [0.2, 0.25) is 0 Å². The van der Waals surface area contributed by atoms with Crippen molar-refractivity contribution in [3.8, 4) is 6.07 Å². The third-order valence-corrected chi connectivity index (χ3v) is 3.55. The number of para-hydroxylation sites is 1. The zero-order valence-electron chi connectivity index (χ0n) is 10.4. The molecule has 0 atom stereocenters. The number of pyridine rings is 1. The summed E-state index contributed by atoms with van der Waals surface area (Å²) in [6, 6.07) is 11.9. The third-order valence-electron chi connectivity index (χ3n) is 3.55. The molecule has 0 unspecified atom stereocenters. The maximum absolute atomic E-state index is 11.9. The summed E-state index contributed by atoms with van der Waals surface area (Å²) in [7, 11) is 0. The fourth-order valence-electron chi connectivity index (χ4n) is 2.17. The molecule has 1 aromatic carbocycles. The first kappa shape index (κ1) is 11.7. The Bertz CT molecular complexity index is 678. The first-order chi connectivity index (χ1) is 9.25. The molecule has 4 heteroatoms. The molecule has 1 aliphatic rings. The number of aromatic nitrogens is 1. The predicted octanol–water partition coefficient (Wildman–Crippen LogP) is 2.15. The fraction of sp³-hybridized carbons (Fsp3) is 0.267. The highest BCUT2D eigenvalue weighted by molar-refractivity contribution is 5.88. The van der Waals surface area contributed by atoms with Crippen molar-refractivity contribution >= 4 is 16.8 Å². The molecule has 1 saturated carbocycles. The molecule has 0 saturated heterocycles. The van der Waals surface area contributed by atoms with E-state index < -0.39 is 5.41 Å². The number of rotatable bonds is 3. The van der Waals surface area contributed by atoms with Crippen molar-refractivity contribution in [2.75, 3.05) is 0 Å². The minimum atomic E-state index is -0.766. The molecule has 0 aliphatic heterocycles. The predicted molar refractivity (Wildman–Crippen MR) is 70.9 cm³/mol. The molecule has 2 aromatic rings. The average Bonchev–Trinajstić information content (AvgIpc) is 3.26. The number of hydrogen-bond donors (Lipinski definition) is 1. The Hall–Kier alpha value is -2.41. The second-order valence-electron chi connectivity index (χ2n) is 4.87. The van der Waals surface area contributed by atoms with Gasteiger partial charge in [-0.1, -0.05) is 24.3 Å². The topological polar surface area (TPSA) is 65.8 Å². The van der Waals surface area contributed by atoms with E-state index >= 15 is 0 Å². The van der Waals surface area contributed by atoms with E-state index in [1.54, 1.807) is 6.20 Å². The minimum absolute atomic E-state index is 0.164. The Morgan fingerprint density at radius 3 is 2.89 bits per heavy atom. The lowest BCUT2D eigenvalue weighted by molar-refractivity contribution is -0.124. The van der Waals surface area contributed by atoms with Crippen molar-refractivity contribution in [3.05, 3.63) is 42.1 Å². The molecular formula is C15H13N3O. The SMILES string of the molecule is N#CC1(C(=O)NCc2cccc3cccnc23)CC1. The van der Waals surface area contributed by atoms with Crippen LogP contribution in [-0.2, 0) is 11.3 Å². The summed E-state index contributed by atoms with van der Waals surface area (Å²) in [6.45, 7) is 0.413. The van der Waals surface area contributed by atoms with Gasteiger partial charge in [0.05, 0.1) is 11.6 Å². The molecule has 94 valence electrons. The molecule has 0 bridgehead atoms. The summed E-state index contributed by atoms with van der Waals surface area (Å²) >= 11 is 0. The van der Waals surface area contributed by atoms with Crippen LogP contribution >= 0.6 is 0 Å². The number of carbonyl (C=O) groups excluding carboxylic acids is 1. The van der Waals surface area contributed by atoms with Crippen LogP contribution in [0.3, 0.4) is 0 Å². The van der Waals surface area contributed by atoms with E-state index in [4.69, 9.17) is 5.26 Å². The maximum atomic E-state index is 11.9. The molecule has 1 aromatic heterocycles.